The average Bonchev–Trinajstić information content (AvgIpc) is 2.90. The molecular formula is C30H20F6O2. The first kappa shape index (κ1) is 25.4. The molecule has 5 aromatic rings. The minimum atomic E-state index is -4.95. The number of hydrogen-bond acceptors (Lipinski definition) is 2. The zero-order valence-electron chi connectivity index (χ0n) is 20.2. The van der Waals surface area contributed by atoms with Crippen LogP contribution in [-0.2, 0) is 12.4 Å². The highest BCUT2D eigenvalue weighted by atomic mass is 19.4. The Morgan fingerprint density at radius 1 is 0.526 bits per heavy atom. The number of ether oxygens (including phenoxy) is 2. The van der Waals surface area contributed by atoms with Gasteiger partial charge >= 0.3 is 12.4 Å². The van der Waals surface area contributed by atoms with E-state index in [9.17, 15) is 26.3 Å². The van der Waals surface area contributed by atoms with Crippen molar-refractivity contribution in [3.8, 4) is 33.8 Å². The molecule has 0 spiro atoms. The van der Waals surface area contributed by atoms with Crippen LogP contribution in [0, 0.1) is 0 Å². The minimum Gasteiger partial charge on any atom is -0.496 e. The maximum Gasteiger partial charge on any atom is 0.416 e. The summed E-state index contributed by atoms with van der Waals surface area (Å²) < 4.78 is 92.9. The molecule has 8 heteroatoms. The van der Waals surface area contributed by atoms with Crippen molar-refractivity contribution in [2.75, 3.05) is 14.2 Å². The Morgan fingerprint density at radius 3 is 1.68 bits per heavy atom. The van der Waals surface area contributed by atoms with Crippen molar-refractivity contribution >= 4 is 21.5 Å². The lowest BCUT2D eigenvalue weighted by Gasteiger charge is -2.19. The molecule has 5 aromatic carbocycles. The minimum absolute atomic E-state index is 0.129. The number of fused-ring (bicyclic) bond motifs is 2. The monoisotopic (exact) mass is 526 g/mol. The van der Waals surface area contributed by atoms with Crippen molar-refractivity contribution in [2.45, 2.75) is 12.4 Å². The van der Waals surface area contributed by atoms with Crippen molar-refractivity contribution in [1.29, 1.82) is 0 Å². The molecule has 194 valence electrons. The van der Waals surface area contributed by atoms with Crippen LogP contribution < -0.4 is 9.47 Å². The van der Waals surface area contributed by atoms with E-state index in [2.05, 4.69) is 0 Å². The molecule has 0 atom stereocenters. The molecule has 5 rings (SSSR count). The summed E-state index contributed by atoms with van der Waals surface area (Å²) >= 11 is 0. The SMILES string of the molecule is COc1ccc2ccccc2c1-c1c(OC)ccc2c(-c3cc(C(F)(F)F)cc(C(F)(F)F)c3)cccc12. The predicted octanol–water partition coefficient (Wildman–Crippen LogP) is 9.38. The van der Waals surface area contributed by atoms with Crippen molar-refractivity contribution < 1.29 is 35.8 Å². The number of alkyl halides is 6. The molecule has 38 heavy (non-hydrogen) atoms. The molecule has 0 amide bonds. The highest BCUT2D eigenvalue weighted by Crippen LogP contribution is 2.47. The molecule has 0 radical (unpaired) electrons. The summed E-state index contributed by atoms with van der Waals surface area (Å²) in [5.74, 6) is 1.02. The van der Waals surface area contributed by atoms with E-state index < -0.39 is 23.5 Å². The molecular weight excluding hydrogens is 506 g/mol. The van der Waals surface area contributed by atoms with Crippen molar-refractivity contribution in [3.63, 3.8) is 0 Å². The Balaban J connectivity index is 1.87. The Labute approximate surface area is 214 Å². The number of hydrogen-bond donors (Lipinski definition) is 0. The van der Waals surface area contributed by atoms with Crippen molar-refractivity contribution in [1.82, 2.24) is 0 Å². The quantitative estimate of drug-likeness (QED) is 0.217. The molecule has 0 unspecified atom stereocenters. The smallest absolute Gasteiger partial charge is 0.416 e. The standard InChI is InChI=1S/C30H20F6O2/c1-37-25-12-10-17-6-3-4-7-22(17)27(25)28-24-9-5-8-21(23(24)11-13-26(28)38-2)18-14-19(29(31,32)33)16-20(15-18)30(34,35)36/h3-16H,1-2H3. The molecule has 2 nitrogen and oxygen atoms in total. The van der Waals surface area contributed by atoms with Crippen LogP contribution in [0.3, 0.4) is 0 Å². The molecule has 0 saturated heterocycles. The summed E-state index contributed by atoms with van der Waals surface area (Å²) in [5, 5.41) is 2.82. The molecule has 0 aliphatic rings. The Hall–Kier alpha value is -4.20. The second kappa shape index (κ2) is 9.28. The van der Waals surface area contributed by atoms with Crippen LogP contribution in [0.25, 0.3) is 43.8 Å². The Bertz CT molecular complexity index is 1640. The van der Waals surface area contributed by atoms with Crippen LogP contribution in [0.2, 0.25) is 0 Å². The van der Waals surface area contributed by atoms with Gasteiger partial charge in [-0.05, 0) is 63.0 Å². The van der Waals surface area contributed by atoms with Crippen LogP contribution >= 0.6 is 0 Å². The highest BCUT2D eigenvalue weighted by Gasteiger charge is 2.37. The van der Waals surface area contributed by atoms with E-state index in [1.165, 1.54) is 20.3 Å². The normalized spacial score (nSPS) is 12.2. The summed E-state index contributed by atoms with van der Waals surface area (Å²) in [6, 6.07) is 21.1. The maximum atomic E-state index is 13.6. The molecule has 0 aromatic heterocycles. The van der Waals surface area contributed by atoms with Crippen molar-refractivity contribution in [2.24, 2.45) is 0 Å². The lowest BCUT2D eigenvalue weighted by atomic mass is 9.89. The third-order valence-corrected chi connectivity index (χ3v) is 6.50. The van der Waals surface area contributed by atoms with Crippen LogP contribution in [0.4, 0.5) is 26.3 Å². The summed E-state index contributed by atoms with van der Waals surface area (Å²) in [6.45, 7) is 0. The van der Waals surface area contributed by atoms with Gasteiger partial charge in [0.2, 0.25) is 0 Å². The van der Waals surface area contributed by atoms with E-state index in [0.717, 1.165) is 22.9 Å². The first-order chi connectivity index (χ1) is 18.0. The van der Waals surface area contributed by atoms with Gasteiger partial charge in [0.1, 0.15) is 11.5 Å². The molecule has 0 bridgehead atoms. The van der Waals surface area contributed by atoms with Gasteiger partial charge in [-0.3, -0.25) is 0 Å². The molecule has 0 saturated carbocycles. The molecule has 0 fully saturated rings. The third-order valence-electron chi connectivity index (χ3n) is 6.50. The first-order valence-electron chi connectivity index (χ1n) is 11.5. The van der Waals surface area contributed by atoms with Gasteiger partial charge in [-0.2, -0.15) is 26.3 Å². The van der Waals surface area contributed by atoms with E-state index >= 15 is 0 Å². The zero-order valence-corrected chi connectivity index (χ0v) is 20.2. The van der Waals surface area contributed by atoms with Crippen LogP contribution in [0.1, 0.15) is 11.1 Å². The van der Waals surface area contributed by atoms with Crippen LogP contribution in [0.5, 0.6) is 11.5 Å². The summed E-state index contributed by atoms with van der Waals surface area (Å²) in [4.78, 5) is 0. The molecule has 0 aliphatic heterocycles. The maximum absolute atomic E-state index is 13.6. The van der Waals surface area contributed by atoms with Gasteiger partial charge in [-0.1, -0.05) is 54.6 Å². The highest BCUT2D eigenvalue weighted by molar-refractivity contribution is 6.12. The van der Waals surface area contributed by atoms with Gasteiger partial charge < -0.3 is 9.47 Å². The first-order valence-corrected chi connectivity index (χ1v) is 11.5. The molecule has 0 aliphatic carbocycles. The second-order valence-electron chi connectivity index (χ2n) is 8.70. The van der Waals surface area contributed by atoms with Crippen LogP contribution in [0.15, 0.2) is 84.9 Å². The van der Waals surface area contributed by atoms with Gasteiger partial charge in [-0.15, -0.1) is 0 Å². The van der Waals surface area contributed by atoms with E-state index in [1.54, 1.807) is 24.3 Å². The topological polar surface area (TPSA) is 18.5 Å². The van der Waals surface area contributed by atoms with Crippen molar-refractivity contribution in [3.05, 3.63) is 96.1 Å². The van der Waals surface area contributed by atoms with Gasteiger partial charge in [0.15, 0.2) is 0 Å². The van der Waals surface area contributed by atoms with Gasteiger partial charge in [0, 0.05) is 11.1 Å². The largest absolute Gasteiger partial charge is 0.496 e. The lowest BCUT2D eigenvalue weighted by Crippen LogP contribution is -2.11. The fraction of sp³-hybridized carbons (Fsp3) is 0.133. The second-order valence-corrected chi connectivity index (χ2v) is 8.70. The summed E-state index contributed by atoms with van der Waals surface area (Å²) in [7, 11) is 3.02. The van der Waals surface area contributed by atoms with Gasteiger partial charge in [-0.25, -0.2) is 0 Å². The number of halogens is 6. The third kappa shape index (κ3) is 4.40. The van der Waals surface area contributed by atoms with E-state index in [1.807, 2.05) is 36.4 Å². The summed E-state index contributed by atoms with van der Waals surface area (Å²) in [5.41, 5.74) is -1.40. The van der Waals surface area contributed by atoms with E-state index in [0.29, 0.717) is 33.4 Å². The number of rotatable bonds is 4. The fourth-order valence-electron chi connectivity index (χ4n) is 4.81. The zero-order chi connectivity index (χ0) is 27.2. The number of methoxy groups -OCH3 is 2. The fourth-order valence-corrected chi connectivity index (χ4v) is 4.81. The number of benzene rings is 5. The Kier molecular flexibility index (Phi) is 6.21. The predicted molar refractivity (Wildman–Crippen MR) is 135 cm³/mol. The van der Waals surface area contributed by atoms with E-state index in [4.69, 9.17) is 9.47 Å². The Morgan fingerprint density at radius 2 is 1.08 bits per heavy atom. The average molecular weight is 526 g/mol. The molecule has 0 N–H and O–H groups in total. The van der Waals surface area contributed by atoms with Gasteiger partial charge in [0.05, 0.1) is 25.3 Å². The van der Waals surface area contributed by atoms with Crippen LogP contribution in [-0.4, -0.2) is 14.2 Å². The molecule has 0 heterocycles. The van der Waals surface area contributed by atoms with E-state index in [-0.39, 0.29) is 17.2 Å². The lowest BCUT2D eigenvalue weighted by molar-refractivity contribution is -0.143. The van der Waals surface area contributed by atoms with Gasteiger partial charge in [0.25, 0.3) is 0 Å². The summed E-state index contributed by atoms with van der Waals surface area (Å²) in [6.07, 6.45) is -9.91.